The van der Waals surface area contributed by atoms with E-state index in [4.69, 9.17) is 10.5 Å². The SMILES string of the molecule is CC(N)CC(C)Nc1cc(OC(C)C)ncn1. The van der Waals surface area contributed by atoms with Crippen LogP contribution in [0.25, 0.3) is 0 Å². The Balaban J connectivity index is 2.59. The van der Waals surface area contributed by atoms with Crippen molar-refractivity contribution in [2.75, 3.05) is 5.32 Å². The molecule has 0 aromatic carbocycles. The molecule has 5 heteroatoms. The maximum atomic E-state index is 5.75. The molecular formula is C12H22N4O. The maximum absolute atomic E-state index is 5.75. The van der Waals surface area contributed by atoms with Gasteiger partial charge < -0.3 is 15.8 Å². The summed E-state index contributed by atoms with van der Waals surface area (Å²) in [6.45, 7) is 8.00. The van der Waals surface area contributed by atoms with Gasteiger partial charge in [0.25, 0.3) is 0 Å². The van der Waals surface area contributed by atoms with E-state index in [1.165, 1.54) is 6.33 Å². The molecule has 2 atom stereocenters. The Kier molecular flexibility index (Phi) is 5.15. The molecule has 17 heavy (non-hydrogen) atoms. The third-order valence-electron chi connectivity index (χ3n) is 2.12. The van der Waals surface area contributed by atoms with Crippen molar-refractivity contribution in [2.45, 2.75) is 52.3 Å². The summed E-state index contributed by atoms with van der Waals surface area (Å²) in [4.78, 5) is 8.20. The van der Waals surface area contributed by atoms with Gasteiger partial charge in [-0.15, -0.1) is 0 Å². The van der Waals surface area contributed by atoms with E-state index in [2.05, 4.69) is 22.2 Å². The summed E-state index contributed by atoms with van der Waals surface area (Å²) in [5, 5.41) is 3.28. The number of hydrogen-bond acceptors (Lipinski definition) is 5. The minimum absolute atomic E-state index is 0.110. The van der Waals surface area contributed by atoms with Gasteiger partial charge in [0.2, 0.25) is 5.88 Å². The molecule has 0 saturated heterocycles. The summed E-state index contributed by atoms with van der Waals surface area (Å²) in [7, 11) is 0. The Morgan fingerprint density at radius 2 is 2.00 bits per heavy atom. The van der Waals surface area contributed by atoms with Gasteiger partial charge in [-0.1, -0.05) is 0 Å². The van der Waals surface area contributed by atoms with E-state index in [1.807, 2.05) is 20.8 Å². The molecule has 0 amide bonds. The minimum Gasteiger partial charge on any atom is -0.475 e. The fourth-order valence-electron chi connectivity index (χ4n) is 1.59. The van der Waals surface area contributed by atoms with Crippen LogP contribution >= 0.6 is 0 Å². The van der Waals surface area contributed by atoms with Gasteiger partial charge in [0.05, 0.1) is 6.10 Å². The normalized spacial score (nSPS) is 14.5. The van der Waals surface area contributed by atoms with Crippen LogP contribution in [-0.4, -0.2) is 28.2 Å². The van der Waals surface area contributed by atoms with Crippen molar-refractivity contribution in [3.8, 4) is 5.88 Å². The lowest BCUT2D eigenvalue weighted by Crippen LogP contribution is -2.26. The highest BCUT2D eigenvalue weighted by Crippen LogP contribution is 2.14. The first-order chi connectivity index (χ1) is 7.97. The molecule has 0 aliphatic heterocycles. The van der Waals surface area contributed by atoms with Crippen LogP contribution in [0, 0.1) is 0 Å². The second-order valence-corrected chi connectivity index (χ2v) is 4.67. The van der Waals surface area contributed by atoms with E-state index in [-0.39, 0.29) is 18.2 Å². The Morgan fingerprint density at radius 1 is 1.29 bits per heavy atom. The average molecular weight is 238 g/mol. The van der Waals surface area contributed by atoms with E-state index in [0.29, 0.717) is 5.88 Å². The number of ether oxygens (including phenoxy) is 1. The van der Waals surface area contributed by atoms with Gasteiger partial charge in [0.15, 0.2) is 0 Å². The number of nitrogens with one attached hydrogen (secondary N) is 1. The molecule has 3 N–H and O–H groups in total. The van der Waals surface area contributed by atoms with Crippen LogP contribution < -0.4 is 15.8 Å². The Morgan fingerprint density at radius 3 is 2.59 bits per heavy atom. The molecular weight excluding hydrogens is 216 g/mol. The van der Waals surface area contributed by atoms with Crippen molar-refractivity contribution >= 4 is 5.82 Å². The van der Waals surface area contributed by atoms with Gasteiger partial charge in [-0.25, -0.2) is 9.97 Å². The van der Waals surface area contributed by atoms with Gasteiger partial charge >= 0.3 is 0 Å². The maximum Gasteiger partial charge on any atom is 0.218 e. The summed E-state index contributed by atoms with van der Waals surface area (Å²) in [6.07, 6.45) is 2.50. The molecule has 96 valence electrons. The van der Waals surface area contributed by atoms with Crippen LogP contribution in [0.3, 0.4) is 0 Å². The third kappa shape index (κ3) is 5.49. The predicted molar refractivity (Wildman–Crippen MR) is 69.1 cm³/mol. The second-order valence-electron chi connectivity index (χ2n) is 4.67. The summed E-state index contributed by atoms with van der Waals surface area (Å²) < 4.78 is 5.50. The van der Waals surface area contributed by atoms with E-state index in [1.54, 1.807) is 6.07 Å². The lowest BCUT2D eigenvalue weighted by Gasteiger charge is -2.17. The van der Waals surface area contributed by atoms with Gasteiger partial charge in [-0.05, 0) is 34.1 Å². The van der Waals surface area contributed by atoms with Crippen LogP contribution in [0.4, 0.5) is 5.82 Å². The molecule has 1 aromatic heterocycles. The van der Waals surface area contributed by atoms with Gasteiger partial charge in [-0.2, -0.15) is 0 Å². The van der Waals surface area contributed by atoms with Crippen molar-refractivity contribution in [3.05, 3.63) is 12.4 Å². The van der Waals surface area contributed by atoms with Gasteiger partial charge in [-0.3, -0.25) is 0 Å². The van der Waals surface area contributed by atoms with Gasteiger partial charge in [0.1, 0.15) is 12.1 Å². The number of nitrogens with two attached hydrogens (primary N) is 1. The topological polar surface area (TPSA) is 73.1 Å². The summed E-state index contributed by atoms with van der Waals surface area (Å²) in [6, 6.07) is 2.25. The molecule has 1 aromatic rings. The highest BCUT2D eigenvalue weighted by Gasteiger charge is 2.07. The van der Waals surface area contributed by atoms with E-state index < -0.39 is 0 Å². The van der Waals surface area contributed by atoms with Gasteiger partial charge in [0, 0.05) is 18.2 Å². The van der Waals surface area contributed by atoms with Crippen LogP contribution in [0.1, 0.15) is 34.1 Å². The van der Waals surface area contributed by atoms with E-state index in [9.17, 15) is 0 Å². The predicted octanol–water partition coefficient (Wildman–Crippen LogP) is 1.80. The zero-order valence-corrected chi connectivity index (χ0v) is 11.0. The molecule has 0 radical (unpaired) electrons. The molecule has 1 heterocycles. The first kappa shape index (κ1) is 13.7. The third-order valence-corrected chi connectivity index (χ3v) is 2.12. The number of anilines is 1. The van der Waals surface area contributed by atoms with Crippen molar-refractivity contribution < 1.29 is 4.74 Å². The Labute approximate surface area is 103 Å². The molecule has 0 aliphatic rings. The Hall–Kier alpha value is -1.36. The quantitative estimate of drug-likeness (QED) is 0.790. The molecule has 0 saturated carbocycles. The second kappa shape index (κ2) is 6.39. The number of nitrogens with zero attached hydrogens (tertiary/aromatic N) is 2. The molecule has 0 fully saturated rings. The summed E-state index contributed by atoms with van der Waals surface area (Å²) >= 11 is 0. The largest absolute Gasteiger partial charge is 0.475 e. The van der Waals surface area contributed by atoms with Crippen LogP contribution in [0.2, 0.25) is 0 Å². The minimum atomic E-state index is 0.110. The molecule has 0 spiro atoms. The highest BCUT2D eigenvalue weighted by atomic mass is 16.5. The smallest absolute Gasteiger partial charge is 0.218 e. The number of hydrogen-bond donors (Lipinski definition) is 2. The van der Waals surface area contributed by atoms with Crippen molar-refractivity contribution in [3.63, 3.8) is 0 Å². The van der Waals surface area contributed by atoms with E-state index in [0.717, 1.165) is 12.2 Å². The fourth-order valence-corrected chi connectivity index (χ4v) is 1.59. The first-order valence-corrected chi connectivity index (χ1v) is 5.98. The first-order valence-electron chi connectivity index (χ1n) is 5.98. The number of aromatic nitrogens is 2. The van der Waals surface area contributed by atoms with Crippen molar-refractivity contribution in [2.24, 2.45) is 5.73 Å². The summed E-state index contributed by atoms with van der Waals surface area (Å²) in [5.41, 5.74) is 5.75. The standard InChI is InChI=1S/C12H22N4O/c1-8(2)17-12-6-11(14-7-15-12)16-10(4)5-9(3)13/h6-10H,5,13H2,1-4H3,(H,14,15,16). The molecule has 2 unspecified atom stereocenters. The molecule has 0 aliphatic carbocycles. The lowest BCUT2D eigenvalue weighted by atomic mass is 10.1. The highest BCUT2D eigenvalue weighted by molar-refractivity contribution is 5.37. The van der Waals surface area contributed by atoms with Crippen LogP contribution in [0.5, 0.6) is 5.88 Å². The zero-order valence-electron chi connectivity index (χ0n) is 11.0. The fraction of sp³-hybridized carbons (Fsp3) is 0.667. The van der Waals surface area contributed by atoms with E-state index >= 15 is 0 Å². The Bertz CT molecular complexity index is 341. The lowest BCUT2D eigenvalue weighted by molar-refractivity contribution is 0.232. The molecule has 5 nitrogen and oxygen atoms in total. The monoisotopic (exact) mass is 238 g/mol. The van der Waals surface area contributed by atoms with Crippen LogP contribution in [-0.2, 0) is 0 Å². The summed E-state index contributed by atoms with van der Waals surface area (Å²) in [5.74, 6) is 1.36. The van der Waals surface area contributed by atoms with Crippen LogP contribution in [0.15, 0.2) is 12.4 Å². The zero-order chi connectivity index (χ0) is 12.8. The molecule has 1 rings (SSSR count). The number of rotatable bonds is 6. The van der Waals surface area contributed by atoms with Crippen molar-refractivity contribution in [1.29, 1.82) is 0 Å². The average Bonchev–Trinajstić information content (AvgIpc) is 2.14. The molecule has 0 bridgehead atoms. The van der Waals surface area contributed by atoms with Crippen molar-refractivity contribution in [1.82, 2.24) is 9.97 Å².